The van der Waals surface area contributed by atoms with Gasteiger partial charge in [0.1, 0.15) is 17.3 Å². The third-order valence-corrected chi connectivity index (χ3v) is 5.82. The van der Waals surface area contributed by atoms with E-state index in [2.05, 4.69) is 26.1 Å². The second kappa shape index (κ2) is 9.14. The summed E-state index contributed by atoms with van der Waals surface area (Å²) >= 11 is 0. The summed E-state index contributed by atoms with van der Waals surface area (Å²) in [6, 6.07) is 20.6. The van der Waals surface area contributed by atoms with Gasteiger partial charge in [0.15, 0.2) is 0 Å². The molecule has 6 heteroatoms. The van der Waals surface area contributed by atoms with E-state index in [1.54, 1.807) is 43.5 Å². The summed E-state index contributed by atoms with van der Waals surface area (Å²) in [5, 5.41) is 3.18. The summed E-state index contributed by atoms with van der Waals surface area (Å²) in [6.07, 6.45) is 0. The number of benzene rings is 3. The van der Waals surface area contributed by atoms with Gasteiger partial charge in [-0.25, -0.2) is 4.39 Å². The van der Waals surface area contributed by atoms with Crippen LogP contribution in [0.3, 0.4) is 0 Å². The zero-order chi connectivity index (χ0) is 24.5. The van der Waals surface area contributed by atoms with E-state index in [0.717, 1.165) is 5.56 Å². The van der Waals surface area contributed by atoms with E-state index in [1.165, 1.54) is 17.0 Å². The molecule has 0 fully saturated rings. The maximum Gasteiger partial charge on any atom is 0.278 e. The van der Waals surface area contributed by atoms with Gasteiger partial charge in [0.25, 0.3) is 11.8 Å². The first-order valence-electron chi connectivity index (χ1n) is 11.0. The number of nitrogens with one attached hydrogen (secondary N) is 1. The van der Waals surface area contributed by atoms with Crippen LogP contribution in [0.2, 0.25) is 0 Å². The standard InChI is InChI=1S/C28H27FN2O3/c1-28(2,3)20-9-13-22(14-10-20)30-25-24(19-7-15-23(34-4)16-8-19)26(32)31(27(25)33)17-18-5-11-21(29)12-6-18/h5-16,30H,17H2,1-4H3. The molecule has 3 aromatic carbocycles. The molecule has 0 radical (unpaired) electrons. The second-order valence-electron chi connectivity index (χ2n) is 9.25. The fraction of sp³-hybridized carbons (Fsp3) is 0.214. The number of amides is 2. The second-order valence-corrected chi connectivity index (χ2v) is 9.25. The Kier molecular flexibility index (Phi) is 6.24. The Morgan fingerprint density at radius 1 is 0.853 bits per heavy atom. The highest BCUT2D eigenvalue weighted by Crippen LogP contribution is 2.33. The Morgan fingerprint density at radius 2 is 1.47 bits per heavy atom. The van der Waals surface area contributed by atoms with Gasteiger partial charge < -0.3 is 10.1 Å². The molecule has 0 unspecified atom stereocenters. The number of carbonyl (C=O) groups excluding carboxylic acids is 2. The van der Waals surface area contributed by atoms with Gasteiger partial charge in [-0.1, -0.05) is 57.2 Å². The van der Waals surface area contributed by atoms with Crippen molar-refractivity contribution < 1.29 is 18.7 Å². The Morgan fingerprint density at radius 3 is 2.03 bits per heavy atom. The molecule has 1 aliphatic heterocycles. The predicted octanol–water partition coefficient (Wildman–Crippen LogP) is 5.52. The predicted molar refractivity (Wildman–Crippen MR) is 131 cm³/mol. The van der Waals surface area contributed by atoms with Gasteiger partial charge >= 0.3 is 0 Å². The highest BCUT2D eigenvalue weighted by atomic mass is 19.1. The monoisotopic (exact) mass is 458 g/mol. The lowest BCUT2D eigenvalue weighted by Crippen LogP contribution is -2.32. The number of nitrogens with zero attached hydrogens (tertiary/aromatic N) is 1. The topological polar surface area (TPSA) is 58.6 Å². The number of hydrogen-bond donors (Lipinski definition) is 1. The molecule has 2 amide bonds. The number of hydrogen-bond acceptors (Lipinski definition) is 4. The average Bonchev–Trinajstić information content (AvgIpc) is 3.04. The highest BCUT2D eigenvalue weighted by Gasteiger charge is 2.39. The molecule has 174 valence electrons. The molecule has 0 bridgehead atoms. The van der Waals surface area contributed by atoms with Crippen LogP contribution in [0.1, 0.15) is 37.5 Å². The third kappa shape index (κ3) is 4.71. The summed E-state index contributed by atoms with van der Waals surface area (Å²) in [5.74, 6) is -0.564. The van der Waals surface area contributed by atoms with Gasteiger partial charge in [-0.15, -0.1) is 0 Å². The highest BCUT2D eigenvalue weighted by molar-refractivity contribution is 6.36. The normalized spacial score (nSPS) is 14.1. The third-order valence-electron chi connectivity index (χ3n) is 5.82. The Labute approximate surface area is 198 Å². The van der Waals surface area contributed by atoms with Gasteiger partial charge in [0.05, 0.1) is 19.2 Å². The summed E-state index contributed by atoms with van der Waals surface area (Å²) in [7, 11) is 1.57. The van der Waals surface area contributed by atoms with Crippen molar-refractivity contribution >= 4 is 23.1 Å². The van der Waals surface area contributed by atoms with E-state index in [0.29, 0.717) is 22.6 Å². The lowest BCUT2D eigenvalue weighted by molar-refractivity contribution is -0.137. The Hall–Kier alpha value is -3.93. The average molecular weight is 459 g/mol. The minimum Gasteiger partial charge on any atom is -0.497 e. The largest absolute Gasteiger partial charge is 0.497 e. The van der Waals surface area contributed by atoms with E-state index >= 15 is 0 Å². The fourth-order valence-electron chi connectivity index (χ4n) is 3.83. The lowest BCUT2D eigenvalue weighted by Gasteiger charge is -2.19. The van der Waals surface area contributed by atoms with Crippen LogP contribution in [0.5, 0.6) is 5.75 Å². The number of anilines is 1. The van der Waals surface area contributed by atoms with Crippen LogP contribution in [0.25, 0.3) is 5.57 Å². The fourth-order valence-corrected chi connectivity index (χ4v) is 3.83. The SMILES string of the molecule is COc1ccc(C2=C(Nc3ccc(C(C)(C)C)cc3)C(=O)N(Cc3ccc(F)cc3)C2=O)cc1. The minimum atomic E-state index is -0.431. The molecule has 0 aromatic heterocycles. The molecule has 1 heterocycles. The van der Waals surface area contributed by atoms with Crippen molar-refractivity contribution in [2.75, 3.05) is 12.4 Å². The number of carbonyl (C=O) groups is 2. The smallest absolute Gasteiger partial charge is 0.278 e. The molecule has 0 saturated carbocycles. The van der Waals surface area contributed by atoms with Gasteiger partial charge in [-0.2, -0.15) is 0 Å². The van der Waals surface area contributed by atoms with E-state index in [-0.39, 0.29) is 29.0 Å². The number of rotatable bonds is 6. The van der Waals surface area contributed by atoms with Crippen LogP contribution in [-0.2, 0) is 21.5 Å². The van der Waals surface area contributed by atoms with Crippen LogP contribution in [0.4, 0.5) is 10.1 Å². The van der Waals surface area contributed by atoms with Crippen LogP contribution >= 0.6 is 0 Å². The molecular formula is C28H27FN2O3. The molecule has 0 atom stereocenters. The first-order chi connectivity index (χ1) is 16.2. The van der Waals surface area contributed by atoms with Gasteiger partial charge in [-0.05, 0) is 58.5 Å². The van der Waals surface area contributed by atoms with Crippen LogP contribution < -0.4 is 10.1 Å². The zero-order valence-corrected chi connectivity index (χ0v) is 19.7. The van der Waals surface area contributed by atoms with Crippen molar-refractivity contribution in [3.8, 4) is 5.75 Å². The lowest BCUT2D eigenvalue weighted by atomic mass is 9.87. The van der Waals surface area contributed by atoms with Crippen molar-refractivity contribution in [2.24, 2.45) is 0 Å². The molecular weight excluding hydrogens is 431 g/mol. The van der Waals surface area contributed by atoms with Crippen molar-refractivity contribution in [1.29, 1.82) is 0 Å². The Bertz CT molecular complexity index is 1240. The van der Waals surface area contributed by atoms with Crippen LogP contribution in [-0.4, -0.2) is 23.8 Å². The maximum absolute atomic E-state index is 13.4. The summed E-state index contributed by atoms with van der Waals surface area (Å²) in [4.78, 5) is 28.0. The summed E-state index contributed by atoms with van der Waals surface area (Å²) in [6.45, 7) is 6.44. The number of halogens is 1. The molecule has 0 aliphatic carbocycles. The number of methoxy groups -OCH3 is 1. The molecule has 0 saturated heterocycles. The van der Waals surface area contributed by atoms with Crippen molar-refractivity contribution in [3.05, 3.63) is 101 Å². The molecule has 1 aliphatic rings. The maximum atomic E-state index is 13.4. The van der Waals surface area contributed by atoms with Crippen molar-refractivity contribution in [1.82, 2.24) is 4.90 Å². The molecule has 5 nitrogen and oxygen atoms in total. The van der Waals surface area contributed by atoms with Gasteiger partial charge in [0, 0.05) is 5.69 Å². The number of imide groups is 1. The van der Waals surface area contributed by atoms with Crippen LogP contribution in [0, 0.1) is 5.82 Å². The van der Waals surface area contributed by atoms with Crippen LogP contribution in [0.15, 0.2) is 78.5 Å². The molecule has 34 heavy (non-hydrogen) atoms. The molecule has 0 spiro atoms. The van der Waals surface area contributed by atoms with E-state index < -0.39 is 11.8 Å². The van der Waals surface area contributed by atoms with Gasteiger partial charge in [0.2, 0.25) is 0 Å². The van der Waals surface area contributed by atoms with Gasteiger partial charge in [-0.3, -0.25) is 14.5 Å². The Balaban J connectivity index is 1.70. The van der Waals surface area contributed by atoms with Crippen molar-refractivity contribution in [2.45, 2.75) is 32.7 Å². The molecule has 4 rings (SSSR count). The first kappa shape index (κ1) is 23.2. The van der Waals surface area contributed by atoms with E-state index in [4.69, 9.17) is 4.74 Å². The summed E-state index contributed by atoms with van der Waals surface area (Å²) in [5.41, 5.74) is 3.63. The molecule has 1 N–H and O–H groups in total. The van der Waals surface area contributed by atoms with E-state index in [1.807, 2.05) is 24.3 Å². The number of ether oxygens (including phenoxy) is 1. The zero-order valence-electron chi connectivity index (χ0n) is 19.7. The van der Waals surface area contributed by atoms with E-state index in [9.17, 15) is 14.0 Å². The van der Waals surface area contributed by atoms with Crippen molar-refractivity contribution in [3.63, 3.8) is 0 Å². The first-order valence-corrected chi connectivity index (χ1v) is 11.0. The quantitative estimate of drug-likeness (QED) is 0.494. The molecule has 3 aromatic rings. The summed E-state index contributed by atoms with van der Waals surface area (Å²) < 4.78 is 18.6. The minimum absolute atomic E-state index is 0.00282.